The summed E-state index contributed by atoms with van der Waals surface area (Å²) in [6.45, 7) is 1.20. The van der Waals surface area contributed by atoms with Gasteiger partial charge in [0, 0.05) is 32.3 Å². The molecule has 8 rings (SSSR count). The maximum Gasteiger partial charge on any atom is 0.271 e. The Morgan fingerprint density at radius 1 is 0.717 bits per heavy atom. The van der Waals surface area contributed by atoms with Gasteiger partial charge in [-0.25, -0.2) is 9.97 Å². The number of hydrogen-bond donors (Lipinski definition) is 3. The van der Waals surface area contributed by atoms with E-state index in [1.165, 1.54) is 0 Å². The summed E-state index contributed by atoms with van der Waals surface area (Å²) < 4.78 is 0. The number of nitrogens with zero attached hydrogens (tertiary/aromatic N) is 6. The molecule has 1 aliphatic carbocycles. The lowest BCUT2D eigenvalue weighted by molar-refractivity contribution is -0.138. The van der Waals surface area contributed by atoms with Gasteiger partial charge < -0.3 is 25.1 Å². The molecule has 3 aliphatic rings. The molecule has 60 heavy (non-hydrogen) atoms. The summed E-state index contributed by atoms with van der Waals surface area (Å²) in [5.41, 5.74) is 3.55. The summed E-state index contributed by atoms with van der Waals surface area (Å²) in [5, 5.41) is 2.83. The Kier molecular flexibility index (Phi) is 11.7. The molecular weight excluding hydrogens is 751 g/mol. The topological polar surface area (TPSA) is 134 Å². The van der Waals surface area contributed by atoms with E-state index in [-0.39, 0.29) is 41.4 Å². The lowest BCUT2D eigenvalue weighted by Crippen LogP contribution is -2.40. The third-order valence-electron chi connectivity index (χ3n) is 12.4. The highest BCUT2D eigenvalue weighted by Crippen LogP contribution is 2.44. The Balaban J connectivity index is 1.19. The molecule has 12 heteroatoms. The normalized spacial score (nSPS) is 22.4. The fourth-order valence-electron chi connectivity index (χ4n) is 9.39. The number of benzene rings is 3. The molecule has 4 atom stereocenters. The summed E-state index contributed by atoms with van der Waals surface area (Å²) in [4.78, 5) is 67.9. The van der Waals surface area contributed by atoms with E-state index in [9.17, 15) is 14.4 Å². The van der Waals surface area contributed by atoms with Gasteiger partial charge in [0.05, 0.1) is 28.9 Å². The maximum atomic E-state index is 14.5. The number of nitrogens with one attached hydrogen (secondary N) is 3. The molecule has 0 bridgehead atoms. The van der Waals surface area contributed by atoms with Gasteiger partial charge in [-0.05, 0) is 70.6 Å². The Hall–Kier alpha value is -6.11. The zero-order valence-corrected chi connectivity index (χ0v) is 35.1. The Morgan fingerprint density at radius 3 is 1.72 bits per heavy atom. The first-order valence-electron chi connectivity index (χ1n) is 21.0. The van der Waals surface area contributed by atoms with E-state index < -0.39 is 17.5 Å². The molecule has 3 amide bonds. The van der Waals surface area contributed by atoms with Crippen molar-refractivity contribution in [1.82, 2.24) is 44.9 Å². The Morgan fingerprint density at radius 2 is 1.22 bits per heavy atom. The van der Waals surface area contributed by atoms with Gasteiger partial charge in [0.1, 0.15) is 23.7 Å². The summed E-state index contributed by atoms with van der Waals surface area (Å²) in [5.74, 6) is 0.938. The maximum absolute atomic E-state index is 14.5. The van der Waals surface area contributed by atoms with Crippen LogP contribution in [0, 0.1) is 0 Å². The highest BCUT2D eigenvalue weighted by molar-refractivity contribution is 5.94. The second-order valence-electron chi connectivity index (χ2n) is 16.6. The average molecular weight is 806 g/mol. The molecular formula is C48H55N9O3. The minimum atomic E-state index is -1.02. The molecule has 2 saturated heterocycles. The van der Waals surface area contributed by atoms with Crippen molar-refractivity contribution < 1.29 is 14.4 Å². The number of imidazole rings is 2. The summed E-state index contributed by atoms with van der Waals surface area (Å²) in [6, 6.07) is 28.5. The number of carbonyl (C=O) groups excluding carboxylic acids is 3. The lowest BCUT2D eigenvalue weighted by Gasteiger charge is -2.32. The monoisotopic (exact) mass is 805 g/mol. The van der Waals surface area contributed by atoms with Crippen LogP contribution in [0.3, 0.4) is 0 Å². The van der Waals surface area contributed by atoms with Crippen molar-refractivity contribution in [2.45, 2.75) is 61.2 Å². The molecule has 2 aromatic heterocycles. The van der Waals surface area contributed by atoms with Crippen LogP contribution >= 0.6 is 0 Å². The summed E-state index contributed by atoms with van der Waals surface area (Å²) in [7, 11) is 9.33. The van der Waals surface area contributed by atoms with Gasteiger partial charge in [-0.15, -0.1) is 0 Å². The number of allylic oxidation sites excluding steroid dienone is 4. The van der Waals surface area contributed by atoms with Crippen LogP contribution < -0.4 is 5.32 Å². The number of hydrogen-bond acceptors (Lipinski definition) is 7. The molecule has 4 heterocycles. The third-order valence-corrected chi connectivity index (χ3v) is 12.4. The van der Waals surface area contributed by atoms with E-state index in [1.807, 2.05) is 133 Å². The fraction of sp³-hybridized carbons (Fsp3) is 0.354. The molecule has 0 spiro atoms. The van der Waals surface area contributed by atoms with E-state index >= 15 is 0 Å². The van der Waals surface area contributed by atoms with E-state index in [1.54, 1.807) is 7.05 Å². The molecule has 2 aliphatic heterocycles. The zero-order chi connectivity index (χ0) is 42.0. The van der Waals surface area contributed by atoms with Crippen LogP contribution in [0.15, 0.2) is 121 Å². The molecule has 5 aromatic rings. The number of aromatic nitrogens is 4. The second kappa shape index (κ2) is 17.2. The van der Waals surface area contributed by atoms with Crippen molar-refractivity contribution in [3.63, 3.8) is 0 Å². The van der Waals surface area contributed by atoms with Crippen LogP contribution in [-0.2, 0) is 15.0 Å². The standard InChI is InChI=1S/C48H55N9O3/c1-49-45(58)39-42(53-44(52-39)37-24-16-30-57(37)47(60)41(55(4)5)35-21-13-8-14-22-35)48(27-25-33(26-28-48)32-17-9-6-10-18-32)38-31-50-43(51-38)36-23-15-29-56(36)46(59)40(54(2)3)34-19-11-7-12-20-34/h6-14,17-22,25-28,31,33,36-37,40-41H,15-16,23-24,29-30H2,1-5H3,(H,49,58)(H,50,51)(H,52,53)/t33?,36-,37-,40+,41+,48?/m0/s1. The van der Waals surface area contributed by atoms with Crippen LogP contribution in [0.25, 0.3) is 0 Å². The zero-order valence-electron chi connectivity index (χ0n) is 35.1. The highest BCUT2D eigenvalue weighted by Gasteiger charge is 2.44. The largest absolute Gasteiger partial charge is 0.354 e. The molecule has 0 radical (unpaired) electrons. The first kappa shape index (κ1) is 40.7. The molecule has 3 aromatic carbocycles. The number of amides is 3. The van der Waals surface area contributed by atoms with Gasteiger partial charge in [-0.2, -0.15) is 0 Å². The fourth-order valence-corrected chi connectivity index (χ4v) is 9.39. The molecule has 310 valence electrons. The van der Waals surface area contributed by atoms with Crippen molar-refractivity contribution >= 4 is 17.7 Å². The number of likely N-dealkylation sites (N-methyl/N-ethyl adjacent to an activating group) is 2. The van der Waals surface area contributed by atoms with Gasteiger partial charge in [0.25, 0.3) is 5.91 Å². The molecule has 2 fully saturated rings. The number of likely N-dealkylation sites (tertiary alicyclic amines) is 2. The molecule has 0 unspecified atom stereocenters. The quantitative estimate of drug-likeness (QED) is 0.121. The first-order chi connectivity index (χ1) is 29.1. The van der Waals surface area contributed by atoms with Crippen molar-refractivity contribution in [2.24, 2.45) is 0 Å². The van der Waals surface area contributed by atoms with E-state index in [0.29, 0.717) is 36.9 Å². The van der Waals surface area contributed by atoms with Crippen molar-refractivity contribution in [3.05, 3.63) is 167 Å². The number of H-pyrrole nitrogens is 2. The van der Waals surface area contributed by atoms with Crippen LogP contribution in [0.4, 0.5) is 0 Å². The van der Waals surface area contributed by atoms with Gasteiger partial charge in [0.15, 0.2) is 5.69 Å². The molecule has 3 N–H and O–H groups in total. The van der Waals surface area contributed by atoms with Crippen molar-refractivity contribution in [1.29, 1.82) is 0 Å². The predicted octanol–water partition coefficient (Wildman–Crippen LogP) is 6.62. The summed E-state index contributed by atoms with van der Waals surface area (Å²) >= 11 is 0. The SMILES string of the molecule is CNC(=O)c1nc([C@@H]2CCCN2C(=O)[C@@H](c2ccccc2)N(C)C)[nH]c1C1(c2cnc([C@@H]3CCCN3C(=O)[C@@H](c3ccccc3)N(C)C)[nH]2)C=CC(c2ccccc2)C=C1. The van der Waals surface area contributed by atoms with Gasteiger partial charge in [0.2, 0.25) is 11.8 Å². The van der Waals surface area contributed by atoms with E-state index in [4.69, 9.17) is 9.97 Å². The van der Waals surface area contributed by atoms with Gasteiger partial charge >= 0.3 is 0 Å². The summed E-state index contributed by atoms with van der Waals surface area (Å²) in [6.07, 6.45) is 13.5. The molecule has 0 saturated carbocycles. The lowest BCUT2D eigenvalue weighted by atomic mass is 9.74. The molecule has 12 nitrogen and oxygen atoms in total. The predicted molar refractivity (Wildman–Crippen MR) is 232 cm³/mol. The van der Waals surface area contributed by atoms with Gasteiger partial charge in [-0.1, -0.05) is 115 Å². The smallest absolute Gasteiger partial charge is 0.271 e. The van der Waals surface area contributed by atoms with Crippen molar-refractivity contribution in [2.75, 3.05) is 48.3 Å². The minimum Gasteiger partial charge on any atom is -0.354 e. The Bertz CT molecular complexity index is 2340. The minimum absolute atomic E-state index is 0.000331. The number of aromatic amines is 2. The first-order valence-corrected chi connectivity index (χ1v) is 21.0. The number of rotatable bonds is 12. The second-order valence-corrected chi connectivity index (χ2v) is 16.6. The van der Waals surface area contributed by atoms with Crippen LogP contribution in [-0.4, -0.2) is 106 Å². The highest BCUT2D eigenvalue weighted by atomic mass is 16.2. The third kappa shape index (κ3) is 7.61. The number of carbonyl (C=O) groups is 3. The average Bonchev–Trinajstić information content (AvgIpc) is 4.11. The van der Waals surface area contributed by atoms with Crippen LogP contribution in [0.5, 0.6) is 0 Å². The van der Waals surface area contributed by atoms with E-state index in [0.717, 1.165) is 41.6 Å². The van der Waals surface area contributed by atoms with Crippen molar-refractivity contribution in [3.8, 4) is 0 Å². The van der Waals surface area contributed by atoms with E-state index in [2.05, 4.69) is 51.7 Å². The van der Waals surface area contributed by atoms with Gasteiger partial charge in [-0.3, -0.25) is 24.2 Å². The van der Waals surface area contributed by atoms with Crippen LogP contribution in [0.1, 0.15) is 106 Å². The Labute approximate surface area is 352 Å². The van der Waals surface area contributed by atoms with Crippen LogP contribution in [0.2, 0.25) is 0 Å².